The number of halogens is 2. The number of hydrazone groups is 1. The van der Waals surface area contributed by atoms with Crippen LogP contribution in [-0.4, -0.2) is 37.4 Å². The van der Waals surface area contributed by atoms with Crippen LogP contribution in [0.3, 0.4) is 0 Å². The van der Waals surface area contributed by atoms with Crippen LogP contribution >= 0.6 is 23.2 Å². The molecular weight excluding hydrogens is 559 g/mol. The molecule has 3 N–H and O–H groups in total. The number of nitrogen functional groups attached to an aromatic ring is 1. The number of nitrogens with zero attached hydrogens (tertiary/aromatic N) is 6. The van der Waals surface area contributed by atoms with Crippen LogP contribution < -0.4 is 20.6 Å². The molecule has 0 fully saturated rings. The number of nitrogens with one attached hydrogen (secondary N) is 1. The molecule has 40 heavy (non-hydrogen) atoms. The molecule has 2 heterocycles. The summed E-state index contributed by atoms with van der Waals surface area (Å²) >= 11 is 12.1. The zero-order valence-corrected chi connectivity index (χ0v) is 22.1. The molecule has 0 radical (unpaired) electrons. The van der Waals surface area contributed by atoms with Crippen molar-refractivity contribution in [1.29, 1.82) is 0 Å². The largest absolute Gasteiger partial charge is 0.489 e. The summed E-state index contributed by atoms with van der Waals surface area (Å²) in [5.41, 5.74) is 10.0. The van der Waals surface area contributed by atoms with E-state index in [0.717, 1.165) is 11.1 Å². The van der Waals surface area contributed by atoms with Crippen LogP contribution in [0.15, 0.2) is 82.5 Å². The van der Waals surface area contributed by atoms with E-state index in [1.807, 2.05) is 24.3 Å². The molecule has 1 amide bonds. The molecule has 5 rings (SSSR count). The van der Waals surface area contributed by atoms with Gasteiger partial charge in [0.15, 0.2) is 5.69 Å². The Kier molecular flexibility index (Phi) is 8.18. The Morgan fingerprint density at radius 2 is 1.75 bits per heavy atom. The average molecular weight is 579 g/mol. The van der Waals surface area contributed by atoms with Crippen molar-refractivity contribution in [3.63, 3.8) is 0 Å². The zero-order chi connectivity index (χ0) is 27.9. The van der Waals surface area contributed by atoms with Gasteiger partial charge in [0.2, 0.25) is 11.6 Å². The highest BCUT2D eigenvalue weighted by Gasteiger charge is 2.24. The molecule has 14 heteroatoms. The van der Waals surface area contributed by atoms with Crippen molar-refractivity contribution < 1.29 is 18.9 Å². The van der Waals surface area contributed by atoms with E-state index in [2.05, 4.69) is 35.8 Å². The maximum atomic E-state index is 12.9. The topological polar surface area (TPSA) is 156 Å². The highest BCUT2D eigenvalue weighted by molar-refractivity contribution is 6.35. The number of ether oxygens (including phenoxy) is 2. The molecule has 3 aromatic carbocycles. The number of nitrogens with two attached hydrogens (primary N) is 1. The Morgan fingerprint density at radius 3 is 2.48 bits per heavy atom. The van der Waals surface area contributed by atoms with Crippen molar-refractivity contribution in [2.24, 2.45) is 5.10 Å². The summed E-state index contributed by atoms with van der Waals surface area (Å²) in [5, 5.41) is 20.3. The Morgan fingerprint density at radius 1 is 1.00 bits per heavy atom. The molecule has 202 valence electrons. The van der Waals surface area contributed by atoms with Crippen LogP contribution in [0, 0.1) is 0 Å². The summed E-state index contributed by atoms with van der Waals surface area (Å²) < 4.78 is 17.5. The van der Waals surface area contributed by atoms with Crippen molar-refractivity contribution in [3.05, 3.63) is 105 Å². The van der Waals surface area contributed by atoms with Gasteiger partial charge in [0, 0.05) is 15.6 Å². The lowest BCUT2D eigenvalue weighted by Gasteiger charge is -2.08. The third-order valence-electron chi connectivity index (χ3n) is 5.46. The minimum Gasteiger partial charge on any atom is -0.489 e. The standard InChI is InChI=1S/C26H20Cl2N8O4/c27-18-9-8-17(21(28)12-18)14-38-20-10-6-16(7-11-20)13-30-32-26(37)23-22(15-39-19-4-2-1-3-5-19)36(35-31-23)25-24(29)33-40-34-25/h1-13H,14-15H2,(H2,29,33)(H,32,37)/b30-13-. The van der Waals surface area contributed by atoms with Gasteiger partial charge in [-0.3, -0.25) is 4.79 Å². The molecule has 0 aliphatic heterocycles. The second-order valence-corrected chi connectivity index (χ2v) is 9.01. The first-order valence-corrected chi connectivity index (χ1v) is 12.4. The minimum absolute atomic E-state index is 0.0282. The number of para-hydroxylation sites is 1. The molecule has 2 aromatic heterocycles. The summed E-state index contributed by atoms with van der Waals surface area (Å²) in [6.07, 6.45) is 1.47. The van der Waals surface area contributed by atoms with Gasteiger partial charge in [0.25, 0.3) is 5.91 Å². The smallest absolute Gasteiger partial charge is 0.293 e. The third-order valence-corrected chi connectivity index (χ3v) is 6.05. The molecule has 0 saturated carbocycles. The van der Waals surface area contributed by atoms with E-state index in [1.165, 1.54) is 10.9 Å². The molecule has 0 aliphatic carbocycles. The lowest BCUT2D eigenvalue weighted by molar-refractivity contribution is 0.0947. The fraction of sp³-hybridized carbons (Fsp3) is 0.0769. The summed E-state index contributed by atoms with van der Waals surface area (Å²) in [7, 11) is 0. The summed E-state index contributed by atoms with van der Waals surface area (Å²) in [5.74, 6) is 0.633. The van der Waals surface area contributed by atoms with E-state index in [0.29, 0.717) is 21.5 Å². The molecule has 0 aliphatic rings. The molecule has 0 saturated heterocycles. The monoisotopic (exact) mass is 578 g/mol. The predicted molar refractivity (Wildman–Crippen MR) is 147 cm³/mol. The molecule has 0 bridgehead atoms. The number of hydrogen-bond donors (Lipinski definition) is 2. The van der Waals surface area contributed by atoms with Crippen LogP contribution in [0.2, 0.25) is 10.0 Å². The number of carbonyl (C=O) groups is 1. The van der Waals surface area contributed by atoms with Crippen LogP contribution in [0.25, 0.3) is 5.82 Å². The summed E-state index contributed by atoms with van der Waals surface area (Å²) in [6.45, 7) is 0.213. The van der Waals surface area contributed by atoms with Gasteiger partial charge in [0.1, 0.15) is 30.4 Å². The van der Waals surface area contributed by atoms with Crippen molar-refractivity contribution in [2.45, 2.75) is 13.2 Å². The van der Waals surface area contributed by atoms with E-state index in [1.54, 1.807) is 48.5 Å². The van der Waals surface area contributed by atoms with Crippen LogP contribution in [0.5, 0.6) is 11.5 Å². The highest BCUT2D eigenvalue weighted by atomic mass is 35.5. The minimum atomic E-state index is -0.621. The van der Waals surface area contributed by atoms with Gasteiger partial charge in [-0.15, -0.1) is 5.10 Å². The first-order valence-electron chi connectivity index (χ1n) is 11.7. The number of amides is 1. The van der Waals surface area contributed by atoms with Crippen molar-refractivity contribution in [1.82, 2.24) is 30.7 Å². The zero-order valence-electron chi connectivity index (χ0n) is 20.6. The molecule has 0 unspecified atom stereocenters. The molecule has 0 spiro atoms. The number of anilines is 1. The summed E-state index contributed by atoms with van der Waals surface area (Å²) in [4.78, 5) is 12.9. The van der Waals surface area contributed by atoms with Gasteiger partial charge in [-0.25, -0.2) is 10.1 Å². The highest BCUT2D eigenvalue weighted by Crippen LogP contribution is 2.23. The van der Waals surface area contributed by atoms with Gasteiger partial charge in [0.05, 0.1) is 6.21 Å². The lowest BCUT2D eigenvalue weighted by atomic mass is 10.2. The van der Waals surface area contributed by atoms with E-state index in [9.17, 15) is 4.79 Å². The second-order valence-electron chi connectivity index (χ2n) is 8.16. The van der Waals surface area contributed by atoms with Crippen LogP contribution in [0.1, 0.15) is 27.3 Å². The van der Waals surface area contributed by atoms with Crippen LogP contribution in [-0.2, 0) is 13.2 Å². The van der Waals surface area contributed by atoms with Gasteiger partial charge in [-0.05, 0) is 64.4 Å². The number of benzene rings is 3. The van der Waals surface area contributed by atoms with E-state index >= 15 is 0 Å². The Bertz CT molecular complexity index is 1640. The maximum Gasteiger partial charge on any atom is 0.293 e. The Hall–Kier alpha value is -4.94. The molecule has 12 nitrogen and oxygen atoms in total. The van der Waals surface area contributed by atoms with Crippen LogP contribution in [0.4, 0.5) is 5.82 Å². The fourth-order valence-electron chi connectivity index (χ4n) is 3.45. The predicted octanol–water partition coefficient (Wildman–Crippen LogP) is 4.46. The van der Waals surface area contributed by atoms with E-state index in [-0.39, 0.29) is 36.2 Å². The molecule has 5 aromatic rings. The van der Waals surface area contributed by atoms with Crippen molar-refractivity contribution in [2.75, 3.05) is 5.73 Å². The quantitative estimate of drug-likeness (QED) is 0.180. The van der Waals surface area contributed by atoms with Gasteiger partial charge < -0.3 is 15.2 Å². The average Bonchev–Trinajstić information content (AvgIpc) is 3.58. The fourth-order valence-corrected chi connectivity index (χ4v) is 3.92. The first-order chi connectivity index (χ1) is 19.5. The van der Waals surface area contributed by atoms with Gasteiger partial charge in [-0.2, -0.15) is 9.78 Å². The van der Waals surface area contributed by atoms with Crippen molar-refractivity contribution >= 4 is 41.1 Å². The number of carbonyl (C=O) groups excluding carboxylic acids is 1. The van der Waals surface area contributed by atoms with Gasteiger partial charge in [-0.1, -0.05) is 52.7 Å². The summed E-state index contributed by atoms with van der Waals surface area (Å²) in [6, 6.07) is 21.4. The van der Waals surface area contributed by atoms with Gasteiger partial charge >= 0.3 is 0 Å². The SMILES string of the molecule is Nc1nonc1-n1nnc(C(=O)N/N=C\c2ccc(OCc3ccc(Cl)cc3Cl)cc2)c1COc1ccccc1. The third kappa shape index (κ3) is 6.37. The maximum absolute atomic E-state index is 12.9. The van der Waals surface area contributed by atoms with Crippen molar-refractivity contribution in [3.8, 4) is 17.3 Å². The Balaban J connectivity index is 1.24. The molecular formula is C26H20Cl2N8O4. The number of aromatic nitrogens is 5. The van der Waals surface area contributed by atoms with E-state index < -0.39 is 5.91 Å². The number of hydrogen-bond acceptors (Lipinski definition) is 10. The normalized spacial score (nSPS) is 11.1. The Labute approximate surface area is 237 Å². The number of rotatable bonds is 10. The van der Waals surface area contributed by atoms with E-state index in [4.69, 9.17) is 38.4 Å². The lowest BCUT2D eigenvalue weighted by Crippen LogP contribution is -2.21. The molecule has 0 atom stereocenters. The first kappa shape index (κ1) is 26.7. The second kappa shape index (κ2) is 12.3.